The number of aliphatic hydroxyl groups is 1. The van der Waals surface area contributed by atoms with Gasteiger partial charge >= 0.3 is 0 Å². The number of rotatable bonds is 4. The van der Waals surface area contributed by atoms with Gasteiger partial charge in [-0.3, -0.25) is 9.59 Å². The lowest BCUT2D eigenvalue weighted by atomic mass is 9.95. The molecule has 4 rings (SSSR count). The lowest BCUT2D eigenvalue weighted by molar-refractivity contribution is -0.140. The number of amides is 1. The summed E-state index contributed by atoms with van der Waals surface area (Å²) >= 11 is 18.4. The van der Waals surface area contributed by atoms with Crippen LogP contribution in [0.25, 0.3) is 5.76 Å². The fourth-order valence-corrected chi connectivity index (χ4v) is 4.52. The van der Waals surface area contributed by atoms with Gasteiger partial charge in [0.2, 0.25) is 0 Å². The molecular weight excluding hydrogens is 449 g/mol. The highest BCUT2D eigenvalue weighted by atomic mass is 35.5. The van der Waals surface area contributed by atoms with Crippen molar-refractivity contribution in [3.05, 3.63) is 74.2 Å². The van der Waals surface area contributed by atoms with E-state index in [1.807, 2.05) is 0 Å². The summed E-state index contributed by atoms with van der Waals surface area (Å²) < 4.78 is 5.67. The molecule has 2 heterocycles. The summed E-state index contributed by atoms with van der Waals surface area (Å²) in [6.07, 6.45) is 1.51. The number of ether oxygens (including phenoxy) is 1. The van der Waals surface area contributed by atoms with Crippen LogP contribution in [0.5, 0.6) is 0 Å². The van der Waals surface area contributed by atoms with Crippen molar-refractivity contribution < 1.29 is 19.4 Å². The number of Topliss-reactive ketones (excluding diaryl/α,β-unsaturated/α-hetero) is 1. The first-order valence-corrected chi connectivity index (χ1v) is 10.6. The van der Waals surface area contributed by atoms with Crippen molar-refractivity contribution in [2.24, 2.45) is 0 Å². The quantitative estimate of drug-likeness (QED) is 0.380. The molecule has 2 atom stereocenters. The van der Waals surface area contributed by atoms with Gasteiger partial charge in [-0.25, -0.2) is 0 Å². The summed E-state index contributed by atoms with van der Waals surface area (Å²) in [5.41, 5.74) is 0.864. The Hall–Kier alpha value is -2.05. The molecule has 0 aromatic heterocycles. The molecule has 2 aromatic rings. The summed E-state index contributed by atoms with van der Waals surface area (Å²) in [5.74, 6) is -1.75. The van der Waals surface area contributed by atoms with E-state index in [-0.39, 0.29) is 24.0 Å². The Labute approximate surface area is 188 Å². The van der Waals surface area contributed by atoms with Crippen molar-refractivity contribution in [1.29, 1.82) is 0 Å². The van der Waals surface area contributed by atoms with Gasteiger partial charge in [0.05, 0.1) is 17.7 Å². The lowest BCUT2D eigenvalue weighted by Gasteiger charge is -2.28. The van der Waals surface area contributed by atoms with E-state index in [0.29, 0.717) is 32.8 Å². The summed E-state index contributed by atoms with van der Waals surface area (Å²) in [5, 5.41) is 12.2. The molecule has 2 aromatic carbocycles. The number of aliphatic hydroxyl groups excluding tert-OH is 1. The zero-order chi connectivity index (χ0) is 21.4. The molecular formula is C22H18Cl3NO4. The molecule has 0 saturated carbocycles. The molecule has 2 fully saturated rings. The highest BCUT2D eigenvalue weighted by Crippen LogP contribution is 2.43. The standard InChI is InChI=1S/C22H18Cl3NO4/c23-13-5-3-12(4-6-13)20(27)18-19(16-8-7-14(24)10-17(16)25)26(22(29)21(18)28)11-15-2-1-9-30-15/h3-8,10,15,19,27H,1-2,9,11H2/b20-18+/t15-,19+/m1/s1. The molecule has 0 bridgehead atoms. The second-order valence-electron chi connectivity index (χ2n) is 7.26. The van der Waals surface area contributed by atoms with E-state index in [1.54, 1.807) is 42.5 Å². The smallest absolute Gasteiger partial charge is 0.295 e. The van der Waals surface area contributed by atoms with Crippen LogP contribution in [0.4, 0.5) is 0 Å². The summed E-state index contributed by atoms with van der Waals surface area (Å²) in [4.78, 5) is 27.4. The zero-order valence-electron chi connectivity index (χ0n) is 15.8. The lowest BCUT2D eigenvalue weighted by Crippen LogP contribution is -2.36. The molecule has 2 aliphatic heterocycles. The minimum Gasteiger partial charge on any atom is -0.507 e. The first-order valence-electron chi connectivity index (χ1n) is 9.47. The van der Waals surface area contributed by atoms with E-state index < -0.39 is 17.7 Å². The molecule has 1 N–H and O–H groups in total. The van der Waals surface area contributed by atoms with Crippen molar-refractivity contribution >= 4 is 52.3 Å². The highest BCUT2D eigenvalue weighted by molar-refractivity contribution is 6.47. The van der Waals surface area contributed by atoms with Gasteiger partial charge in [-0.1, -0.05) is 40.9 Å². The predicted molar refractivity (Wildman–Crippen MR) is 116 cm³/mol. The Morgan fingerprint density at radius 3 is 2.40 bits per heavy atom. The Morgan fingerprint density at radius 1 is 1.07 bits per heavy atom. The monoisotopic (exact) mass is 465 g/mol. The third-order valence-corrected chi connectivity index (χ3v) is 6.15. The second kappa shape index (κ2) is 8.60. The maximum absolute atomic E-state index is 13.0. The van der Waals surface area contributed by atoms with Crippen LogP contribution in [0.2, 0.25) is 15.1 Å². The average molecular weight is 467 g/mol. The van der Waals surface area contributed by atoms with Crippen LogP contribution >= 0.6 is 34.8 Å². The minimum atomic E-state index is -0.852. The third kappa shape index (κ3) is 3.95. The number of nitrogens with zero attached hydrogens (tertiary/aromatic N) is 1. The number of hydrogen-bond donors (Lipinski definition) is 1. The van der Waals surface area contributed by atoms with Gasteiger partial charge in [0.1, 0.15) is 5.76 Å². The average Bonchev–Trinajstić information content (AvgIpc) is 3.31. The maximum atomic E-state index is 13.0. The molecule has 156 valence electrons. The molecule has 30 heavy (non-hydrogen) atoms. The van der Waals surface area contributed by atoms with E-state index in [0.717, 1.165) is 12.8 Å². The summed E-state index contributed by atoms with van der Waals surface area (Å²) in [7, 11) is 0. The Morgan fingerprint density at radius 2 is 1.77 bits per heavy atom. The Bertz CT molecular complexity index is 1030. The van der Waals surface area contributed by atoms with Crippen LogP contribution in [0.15, 0.2) is 48.0 Å². The van der Waals surface area contributed by atoms with Crippen molar-refractivity contribution in [1.82, 2.24) is 4.90 Å². The molecule has 0 radical (unpaired) electrons. The first-order chi connectivity index (χ1) is 14.4. The summed E-state index contributed by atoms with van der Waals surface area (Å²) in [6.45, 7) is 0.845. The molecule has 2 aliphatic rings. The van der Waals surface area contributed by atoms with Gasteiger partial charge < -0.3 is 14.7 Å². The van der Waals surface area contributed by atoms with Crippen LogP contribution in [0, 0.1) is 0 Å². The van der Waals surface area contributed by atoms with Crippen LogP contribution in [-0.2, 0) is 14.3 Å². The second-order valence-corrected chi connectivity index (χ2v) is 8.54. The normalized spacial score (nSPS) is 23.4. The van der Waals surface area contributed by atoms with Gasteiger partial charge in [0.15, 0.2) is 0 Å². The first kappa shape index (κ1) is 21.2. The predicted octanol–water partition coefficient (Wildman–Crippen LogP) is 5.25. The number of halogens is 3. The van der Waals surface area contributed by atoms with Crippen LogP contribution in [0.1, 0.15) is 30.0 Å². The van der Waals surface area contributed by atoms with Gasteiger partial charge in [0, 0.05) is 33.8 Å². The maximum Gasteiger partial charge on any atom is 0.295 e. The van der Waals surface area contributed by atoms with Crippen LogP contribution < -0.4 is 0 Å². The van der Waals surface area contributed by atoms with E-state index >= 15 is 0 Å². The minimum absolute atomic E-state index is 0.0236. The van der Waals surface area contributed by atoms with Crippen molar-refractivity contribution in [2.75, 3.05) is 13.2 Å². The fourth-order valence-electron chi connectivity index (χ4n) is 3.89. The zero-order valence-corrected chi connectivity index (χ0v) is 18.0. The SMILES string of the molecule is O=C1C(=O)N(C[C@H]2CCCO2)[C@@H](c2ccc(Cl)cc2Cl)/C1=C(\O)c1ccc(Cl)cc1. The molecule has 0 aliphatic carbocycles. The van der Waals surface area contributed by atoms with E-state index in [1.165, 1.54) is 4.90 Å². The number of carbonyl (C=O) groups excluding carboxylic acids is 2. The Kier molecular flexibility index (Phi) is 6.07. The van der Waals surface area contributed by atoms with Crippen molar-refractivity contribution in [2.45, 2.75) is 25.0 Å². The Balaban J connectivity index is 1.85. The molecule has 5 nitrogen and oxygen atoms in total. The molecule has 2 saturated heterocycles. The highest BCUT2D eigenvalue weighted by Gasteiger charge is 2.47. The van der Waals surface area contributed by atoms with Gasteiger partial charge in [-0.05, 0) is 54.8 Å². The van der Waals surface area contributed by atoms with E-state index in [9.17, 15) is 14.7 Å². The molecule has 0 spiro atoms. The third-order valence-electron chi connectivity index (χ3n) is 5.34. The number of hydrogen-bond acceptors (Lipinski definition) is 4. The molecule has 1 amide bonds. The van der Waals surface area contributed by atoms with E-state index in [4.69, 9.17) is 39.5 Å². The fraction of sp³-hybridized carbons (Fsp3) is 0.273. The number of ketones is 1. The van der Waals surface area contributed by atoms with Crippen LogP contribution in [-0.4, -0.2) is 41.0 Å². The van der Waals surface area contributed by atoms with Gasteiger partial charge in [0.25, 0.3) is 11.7 Å². The largest absolute Gasteiger partial charge is 0.507 e. The van der Waals surface area contributed by atoms with E-state index in [2.05, 4.69) is 0 Å². The van der Waals surface area contributed by atoms with Crippen molar-refractivity contribution in [3.8, 4) is 0 Å². The summed E-state index contributed by atoms with van der Waals surface area (Å²) in [6, 6.07) is 10.4. The molecule has 8 heteroatoms. The topological polar surface area (TPSA) is 66.8 Å². The number of likely N-dealkylation sites (tertiary alicyclic amines) is 1. The van der Waals surface area contributed by atoms with Crippen LogP contribution in [0.3, 0.4) is 0 Å². The number of benzene rings is 2. The van der Waals surface area contributed by atoms with Gasteiger partial charge in [-0.15, -0.1) is 0 Å². The van der Waals surface area contributed by atoms with Gasteiger partial charge in [-0.2, -0.15) is 0 Å². The molecule has 0 unspecified atom stereocenters. The van der Waals surface area contributed by atoms with Crippen molar-refractivity contribution in [3.63, 3.8) is 0 Å². The number of carbonyl (C=O) groups is 2.